The molecule has 0 saturated carbocycles. The number of carboxylic acid groups (broad SMARTS) is 1. The maximum absolute atomic E-state index is 12.6. The van der Waals surface area contributed by atoms with Crippen LogP contribution in [-0.4, -0.2) is 30.9 Å². The van der Waals surface area contributed by atoms with Crippen LogP contribution in [0, 0.1) is 0 Å². The van der Waals surface area contributed by atoms with Gasteiger partial charge in [-0.3, -0.25) is 9.59 Å². The van der Waals surface area contributed by atoms with Gasteiger partial charge in [-0.1, -0.05) is 23.7 Å². The van der Waals surface area contributed by atoms with Crippen LogP contribution in [-0.2, 0) is 9.59 Å². The molecule has 0 unspecified atom stereocenters. The molecule has 1 heterocycles. The number of imide groups is 1. The number of carbonyl (C=O) groups is 3. The van der Waals surface area contributed by atoms with Crippen molar-refractivity contribution < 1.29 is 24.2 Å². The molecule has 1 atom stereocenters. The first-order valence-electron chi connectivity index (χ1n) is 7.69. The molecular weight excluding hydrogens is 360 g/mol. The van der Waals surface area contributed by atoms with E-state index in [9.17, 15) is 19.5 Å². The molecule has 0 spiro atoms. The lowest BCUT2D eigenvalue weighted by atomic mass is 10.2. The second-order valence-corrected chi connectivity index (χ2v) is 6.06. The molecule has 0 aliphatic carbocycles. The molecule has 1 fully saturated rings. The summed E-state index contributed by atoms with van der Waals surface area (Å²) in [4.78, 5) is 36.8. The van der Waals surface area contributed by atoms with E-state index in [1.165, 1.54) is 37.4 Å². The minimum absolute atomic E-state index is 0.0231. The quantitative estimate of drug-likeness (QED) is 0.796. The van der Waals surface area contributed by atoms with Crippen LogP contribution < -0.4 is 20.1 Å². The lowest BCUT2D eigenvalue weighted by molar-refractivity contribution is -0.255. The highest BCUT2D eigenvalue weighted by Crippen LogP contribution is 2.32. The molecule has 26 heavy (non-hydrogen) atoms. The van der Waals surface area contributed by atoms with Crippen molar-refractivity contribution in [1.29, 1.82) is 0 Å². The third-order valence-electron chi connectivity index (χ3n) is 4.00. The van der Waals surface area contributed by atoms with E-state index in [4.69, 9.17) is 16.3 Å². The molecule has 8 heteroatoms. The lowest BCUT2D eigenvalue weighted by Gasteiger charge is -2.17. The smallest absolute Gasteiger partial charge is 0.256 e. The van der Waals surface area contributed by atoms with Gasteiger partial charge in [-0.2, -0.15) is 0 Å². The van der Waals surface area contributed by atoms with Crippen LogP contribution in [0.5, 0.6) is 5.75 Å². The summed E-state index contributed by atoms with van der Waals surface area (Å²) in [6.07, 6.45) is -0.0231. The van der Waals surface area contributed by atoms with E-state index in [0.717, 1.165) is 4.90 Å². The molecule has 134 valence electrons. The van der Waals surface area contributed by atoms with E-state index in [1.807, 2.05) is 0 Å². The van der Waals surface area contributed by atoms with E-state index in [1.54, 1.807) is 12.1 Å². The van der Waals surface area contributed by atoms with Gasteiger partial charge >= 0.3 is 0 Å². The third kappa shape index (κ3) is 3.34. The van der Waals surface area contributed by atoms with E-state index in [-0.39, 0.29) is 17.9 Å². The van der Waals surface area contributed by atoms with Gasteiger partial charge in [0.1, 0.15) is 11.8 Å². The second kappa shape index (κ2) is 7.05. The molecule has 1 aliphatic rings. The number of hydrogen-bond acceptors (Lipinski definition) is 6. The summed E-state index contributed by atoms with van der Waals surface area (Å²) in [7, 11) is 1.47. The molecule has 3 rings (SSSR count). The number of ether oxygens (including phenoxy) is 1. The summed E-state index contributed by atoms with van der Waals surface area (Å²) in [5.74, 6) is -1.62. The van der Waals surface area contributed by atoms with Gasteiger partial charge in [0.05, 0.1) is 30.2 Å². The van der Waals surface area contributed by atoms with Gasteiger partial charge in [0.2, 0.25) is 5.91 Å². The fraction of sp³-hybridized carbons (Fsp3) is 0.167. The van der Waals surface area contributed by atoms with Gasteiger partial charge < -0.3 is 20.0 Å². The zero-order valence-corrected chi connectivity index (χ0v) is 14.4. The number of rotatable bonds is 5. The number of carbonyl (C=O) groups excluding carboxylic acids is 3. The fourth-order valence-corrected chi connectivity index (χ4v) is 2.97. The number of nitrogens with zero attached hydrogens (tertiary/aromatic N) is 1. The standard InChI is InChI=1S/C18H15ClN2O5/c1-26-15-7-6-12(8-13(15)19)21-16(22)9-14(17(21)23)20-11-4-2-10(3-5-11)18(24)25/h2-8,14,20H,9H2,1H3,(H,24,25)/p-1/t14-/m0/s1. The topological polar surface area (TPSA) is 98.8 Å². The number of nitrogens with one attached hydrogen (secondary N) is 1. The first-order chi connectivity index (χ1) is 12.4. The van der Waals surface area contributed by atoms with Crippen LogP contribution in [0.1, 0.15) is 16.8 Å². The van der Waals surface area contributed by atoms with E-state index >= 15 is 0 Å². The summed E-state index contributed by atoms with van der Waals surface area (Å²) >= 11 is 6.07. The Balaban J connectivity index is 1.78. The van der Waals surface area contributed by atoms with E-state index < -0.39 is 17.9 Å². The number of hydrogen-bond donors (Lipinski definition) is 1. The zero-order chi connectivity index (χ0) is 18.8. The van der Waals surface area contributed by atoms with Gasteiger partial charge in [-0.15, -0.1) is 0 Å². The number of halogens is 1. The van der Waals surface area contributed by atoms with Crippen molar-refractivity contribution in [3.05, 3.63) is 53.1 Å². The number of carboxylic acids is 1. The summed E-state index contributed by atoms with van der Waals surface area (Å²) in [5, 5.41) is 14.0. The first-order valence-corrected chi connectivity index (χ1v) is 8.07. The largest absolute Gasteiger partial charge is 0.545 e. The van der Waals surface area contributed by atoms with E-state index in [2.05, 4.69) is 5.32 Å². The molecule has 2 aromatic rings. The van der Waals surface area contributed by atoms with Crippen LogP contribution in [0.15, 0.2) is 42.5 Å². The molecule has 2 aromatic carbocycles. The average Bonchev–Trinajstić information content (AvgIpc) is 2.89. The summed E-state index contributed by atoms with van der Waals surface area (Å²) < 4.78 is 5.06. The third-order valence-corrected chi connectivity index (χ3v) is 4.30. The van der Waals surface area contributed by atoms with Gasteiger partial charge in [-0.05, 0) is 35.9 Å². The van der Waals surface area contributed by atoms with Crippen LogP contribution in [0.2, 0.25) is 5.02 Å². The number of aromatic carboxylic acids is 1. The minimum atomic E-state index is -1.29. The monoisotopic (exact) mass is 373 g/mol. The molecular formula is C18H14ClN2O5-. The Morgan fingerprint density at radius 2 is 1.92 bits per heavy atom. The summed E-state index contributed by atoms with van der Waals surface area (Å²) in [6.45, 7) is 0. The Hall–Kier alpha value is -3.06. The fourth-order valence-electron chi connectivity index (χ4n) is 2.71. The highest BCUT2D eigenvalue weighted by atomic mass is 35.5. The number of anilines is 2. The number of methoxy groups -OCH3 is 1. The van der Waals surface area contributed by atoms with Crippen molar-refractivity contribution in [3.63, 3.8) is 0 Å². The van der Waals surface area contributed by atoms with Crippen molar-refractivity contribution in [2.75, 3.05) is 17.3 Å². The Kier molecular flexibility index (Phi) is 4.81. The molecule has 0 bridgehead atoms. The van der Waals surface area contributed by atoms with Crippen molar-refractivity contribution in [2.24, 2.45) is 0 Å². The highest BCUT2D eigenvalue weighted by Gasteiger charge is 2.39. The molecule has 0 aromatic heterocycles. The lowest BCUT2D eigenvalue weighted by Crippen LogP contribution is -2.34. The van der Waals surface area contributed by atoms with Crippen LogP contribution in [0.3, 0.4) is 0 Å². The molecule has 2 amide bonds. The summed E-state index contributed by atoms with van der Waals surface area (Å²) in [5.41, 5.74) is 0.914. The maximum Gasteiger partial charge on any atom is 0.256 e. The molecule has 1 saturated heterocycles. The first kappa shape index (κ1) is 17.8. The minimum Gasteiger partial charge on any atom is -0.545 e. The molecule has 0 radical (unpaired) electrons. The van der Waals surface area contributed by atoms with Gasteiger partial charge in [0.15, 0.2) is 0 Å². The number of benzene rings is 2. The Morgan fingerprint density at radius 1 is 1.23 bits per heavy atom. The molecule has 7 nitrogen and oxygen atoms in total. The second-order valence-electron chi connectivity index (χ2n) is 5.65. The Bertz CT molecular complexity index is 882. The predicted molar refractivity (Wildman–Crippen MR) is 93.3 cm³/mol. The Labute approximate surface area is 154 Å². The average molecular weight is 374 g/mol. The van der Waals surface area contributed by atoms with Gasteiger partial charge in [-0.25, -0.2) is 4.90 Å². The van der Waals surface area contributed by atoms with Crippen LogP contribution in [0.25, 0.3) is 0 Å². The highest BCUT2D eigenvalue weighted by molar-refractivity contribution is 6.33. The Morgan fingerprint density at radius 3 is 2.50 bits per heavy atom. The van der Waals surface area contributed by atoms with Crippen molar-refractivity contribution >= 4 is 40.8 Å². The van der Waals surface area contributed by atoms with Crippen molar-refractivity contribution in [3.8, 4) is 5.75 Å². The van der Waals surface area contributed by atoms with Crippen molar-refractivity contribution in [2.45, 2.75) is 12.5 Å². The van der Waals surface area contributed by atoms with E-state index in [0.29, 0.717) is 22.1 Å². The predicted octanol–water partition coefficient (Wildman–Crippen LogP) is 1.46. The molecule has 1 aliphatic heterocycles. The maximum atomic E-state index is 12.6. The SMILES string of the molecule is COc1ccc(N2C(=O)C[C@H](Nc3ccc(C(=O)[O-])cc3)C2=O)cc1Cl. The zero-order valence-electron chi connectivity index (χ0n) is 13.7. The normalized spacial score (nSPS) is 16.7. The summed E-state index contributed by atoms with van der Waals surface area (Å²) in [6, 6.07) is 9.64. The van der Waals surface area contributed by atoms with Gasteiger partial charge in [0.25, 0.3) is 5.91 Å². The van der Waals surface area contributed by atoms with Gasteiger partial charge in [0, 0.05) is 5.69 Å². The molecule has 1 N–H and O–H groups in total. The van der Waals surface area contributed by atoms with Crippen LogP contribution in [0.4, 0.5) is 11.4 Å². The number of amides is 2. The van der Waals surface area contributed by atoms with Crippen LogP contribution >= 0.6 is 11.6 Å². The van der Waals surface area contributed by atoms with Crippen molar-refractivity contribution in [1.82, 2.24) is 0 Å².